The molecule has 13 rings (SSSR count). The van der Waals surface area contributed by atoms with Gasteiger partial charge in [0, 0.05) is 10.8 Å². The SMILES string of the molecule is c1ccc(-c2cc(-c3ccccc3)cc([Si](c3ccccc3)(c3ccccc3)c3ccc4c(c3)-n3c5ccccc5c5cccc(c53)C43c4ccccc4-c4ccccc43)c2)cc1. The maximum absolute atomic E-state index is 3.12. The first-order valence-electron chi connectivity index (χ1n) is 22.0. The highest BCUT2D eigenvalue weighted by Gasteiger charge is 2.52. The zero-order valence-corrected chi connectivity index (χ0v) is 35.6. The van der Waals surface area contributed by atoms with E-state index in [1.54, 1.807) is 0 Å². The molecule has 0 N–H and O–H groups in total. The van der Waals surface area contributed by atoms with E-state index in [9.17, 15) is 0 Å². The lowest BCUT2D eigenvalue weighted by Crippen LogP contribution is -2.74. The molecule has 63 heavy (non-hydrogen) atoms. The number of benzene rings is 10. The molecule has 1 aromatic heterocycles. The first kappa shape index (κ1) is 35.9. The highest BCUT2D eigenvalue weighted by molar-refractivity contribution is 7.20. The minimum absolute atomic E-state index is 0.512. The van der Waals surface area contributed by atoms with Crippen molar-refractivity contribution in [2.45, 2.75) is 5.41 Å². The molecule has 0 saturated carbocycles. The molecule has 0 amide bonds. The summed E-state index contributed by atoms with van der Waals surface area (Å²) >= 11 is 0. The van der Waals surface area contributed by atoms with E-state index >= 15 is 0 Å². The number of hydrogen-bond donors (Lipinski definition) is 0. The molecule has 1 spiro atoms. The standard InChI is InChI=1S/C61H41NSi/c1-5-20-42(21-6-1)44-38-45(43-22-7-2-8-23-43)40-49(39-44)63(46-24-9-3-10-25-46,47-26-11-4-12-27-47)48-36-37-56-59(41-48)62-58-35-18-15-30-52(58)53-31-19-34-57(60(53)62)61(56)54-32-16-13-28-50(54)51-29-14-17-33-55(51)61/h1-41H. The summed E-state index contributed by atoms with van der Waals surface area (Å²) in [6.45, 7) is 0. The lowest BCUT2D eigenvalue weighted by molar-refractivity contribution is 0.749. The second kappa shape index (κ2) is 13.9. The fourth-order valence-corrected chi connectivity index (χ4v) is 16.4. The average molecular weight is 816 g/mol. The van der Waals surface area contributed by atoms with Crippen LogP contribution in [0.15, 0.2) is 249 Å². The Bertz CT molecular complexity index is 3410. The maximum Gasteiger partial charge on any atom is 0.179 e. The molecule has 0 radical (unpaired) electrons. The summed E-state index contributed by atoms with van der Waals surface area (Å²) in [5.74, 6) is 0. The predicted molar refractivity (Wildman–Crippen MR) is 266 cm³/mol. The molecule has 10 aromatic carbocycles. The van der Waals surface area contributed by atoms with Crippen molar-refractivity contribution in [2.75, 3.05) is 0 Å². The molecule has 1 aliphatic carbocycles. The van der Waals surface area contributed by atoms with Crippen LogP contribution in [0.3, 0.4) is 0 Å². The van der Waals surface area contributed by atoms with Crippen LogP contribution in [0.5, 0.6) is 0 Å². The largest absolute Gasteiger partial charge is 0.309 e. The Hall–Kier alpha value is -7.78. The fourth-order valence-electron chi connectivity index (χ4n) is 11.6. The van der Waals surface area contributed by atoms with Crippen LogP contribution >= 0.6 is 0 Å². The van der Waals surface area contributed by atoms with Crippen molar-refractivity contribution in [3.63, 3.8) is 0 Å². The van der Waals surface area contributed by atoms with Gasteiger partial charge in [-0.2, -0.15) is 0 Å². The Balaban J connectivity index is 1.20. The summed E-state index contributed by atoms with van der Waals surface area (Å²) < 4.78 is 2.61. The Labute approximate surface area is 368 Å². The lowest BCUT2D eigenvalue weighted by Gasteiger charge is -2.41. The van der Waals surface area contributed by atoms with E-state index in [4.69, 9.17) is 0 Å². The van der Waals surface area contributed by atoms with Gasteiger partial charge in [0.05, 0.1) is 22.1 Å². The van der Waals surface area contributed by atoms with Gasteiger partial charge in [0.1, 0.15) is 0 Å². The van der Waals surface area contributed by atoms with Gasteiger partial charge in [0.2, 0.25) is 0 Å². The van der Waals surface area contributed by atoms with Crippen LogP contribution in [0.25, 0.3) is 60.9 Å². The van der Waals surface area contributed by atoms with E-state index in [0.717, 1.165) is 0 Å². The molecule has 2 heteroatoms. The third-order valence-electron chi connectivity index (χ3n) is 14.1. The first-order valence-corrected chi connectivity index (χ1v) is 24.0. The van der Waals surface area contributed by atoms with Crippen molar-refractivity contribution in [2.24, 2.45) is 0 Å². The van der Waals surface area contributed by atoms with Gasteiger partial charge in [-0.3, -0.25) is 0 Å². The number of fused-ring (bicyclic) bond motifs is 12. The van der Waals surface area contributed by atoms with Crippen LogP contribution in [0, 0.1) is 0 Å². The summed E-state index contributed by atoms with van der Waals surface area (Å²) in [6.07, 6.45) is 0. The second-order valence-electron chi connectivity index (χ2n) is 17.1. The molecule has 1 nitrogen and oxygen atoms in total. The first-order chi connectivity index (χ1) is 31.3. The Morgan fingerprint density at radius 2 is 0.794 bits per heavy atom. The van der Waals surface area contributed by atoms with Gasteiger partial charge < -0.3 is 4.57 Å². The van der Waals surface area contributed by atoms with Crippen molar-refractivity contribution >= 4 is 50.6 Å². The third-order valence-corrected chi connectivity index (χ3v) is 18.9. The normalized spacial score (nSPS) is 13.2. The molecule has 0 unspecified atom stereocenters. The van der Waals surface area contributed by atoms with Crippen molar-refractivity contribution < 1.29 is 0 Å². The predicted octanol–water partition coefficient (Wildman–Crippen LogP) is 12.2. The summed E-state index contributed by atoms with van der Waals surface area (Å²) in [5, 5.41) is 7.97. The molecule has 2 heterocycles. The van der Waals surface area contributed by atoms with Gasteiger partial charge in [-0.15, -0.1) is 0 Å². The Morgan fingerprint density at radius 1 is 0.302 bits per heavy atom. The van der Waals surface area contributed by atoms with Crippen molar-refractivity contribution in [1.29, 1.82) is 0 Å². The molecule has 1 aliphatic heterocycles. The van der Waals surface area contributed by atoms with E-state index < -0.39 is 13.5 Å². The molecular weight excluding hydrogens is 775 g/mol. The second-order valence-corrected chi connectivity index (χ2v) is 20.9. The third kappa shape index (κ3) is 4.98. The highest BCUT2D eigenvalue weighted by atomic mass is 28.3. The summed E-state index contributed by atoms with van der Waals surface area (Å²) in [7, 11) is -3.12. The van der Waals surface area contributed by atoms with Crippen molar-refractivity contribution in [1.82, 2.24) is 4.57 Å². The zero-order chi connectivity index (χ0) is 41.5. The number of nitrogens with zero attached hydrogens (tertiary/aromatic N) is 1. The van der Waals surface area contributed by atoms with Gasteiger partial charge in [-0.1, -0.05) is 231 Å². The number of hydrogen-bond acceptors (Lipinski definition) is 0. The van der Waals surface area contributed by atoms with Crippen LogP contribution in [-0.2, 0) is 5.41 Å². The lowest BCUT2D eigenvalue weighted by atomic mass is 9.65. The van der Waals surface area contributed by atoms with E-state index in [1.807, 2.05) is 0 Å². The highest BCUT2D eigenvalue weighted by Crippen LogP contribution is 2.60. The Morgan fingerprint density at radius 3 is 1.40 bits per heavy atom. The minimum Gasteiger partial charge on any atom is -0.309 e. The molecule has 0 atom stereocenters. The zero-order valence-electron chi connectivity index (χ0n) is 34.6. The van der Waals surface area contributed by atoms with Crippen molar-refractivity contribution in [3.8, 4) is 39.1 Å². The van der Waals surface area contributed by atoms with Crippen molar-refractivity contribution in [3.05, 3.63) is 271 Å². The monoisotopic (exact) mass is 815 g/mol. The smallest absolute Gasteiger partial charge is 0.179 e. The van der Waals surface area contributed by atoms with E-state index in [2.05, 4.69) is 253 Å². The summed E-state index contributed by atoms with van der Waals surface area (Å²) in [4.78, 5) is 0. The van der Waals surface area contributed by atoms with E-state index in [0.29, 0.717) is 0 Å². The van der Waals surface area contributed by atoms with Crippen LogP contribution in [-0.4, -0.2) is 12.6 Å². The number of para-hydroxylation sites is 2. The minimum atomic E-state index is -3.12. The van der Waals surface area contributed by atoms with Crippen LogP contribution in [0.4, 0.5) is 0 Å². The van der Waals surface area contributed by atoms with E-state index in [1.165, 1.54) is 104 Å². The molecule has 294 valence electrons. The molecule has 0 fully saturated rings. The fraction of sp³-hybridized carbons (Fsp3) is 0.0164. The summed E-state index contributed by atoms with van der Waals surface area (Å²) in [5.41, 5.74) is 16.1. The molecular formula is C61H41NSi. The summed E-state index contributed by atoms with van der Waals surface area (Å²) in [6, 6.07) is 94.0. The van der Waals surface area contributed by atoms with Gasteiger partial charge in [0.15, 0.2) is 8.07 Å². The van der Waals surface area contributed by atoms with Gasteiger partial charge in [-0.25, -0.2) is 0 Å². The van der Waals surface area contributed by atoms with Gasteiger partial charge in [-0.05, 0) is 94.6 Å². The van der Waals surface area contributed by atoms with Gasteiger partial charge >= 0.3 is 0 Å². The topological polar surface area (TPSA) is 4.93 Å². The molecule has 2 aliphatic rings. The average Bonchev–Trinajstić information content (AvgIpc) is 3.86. The van der Waals surface area contributed by atoms with Gasteiger partial charge in [0.25, 0.3) is 0 Å². The molecule has 11 aromatic rings. The maximum atomic E-state index is 2.62. The molecule has 0 saturated heterocycles. The van der Waals surface area contributed by atoms with Crippen LogP contribution in [0.1, 0.15) is 22.3 Å². The number of aromatic nitrogens is 1. The van der Waals surface area contributed by atoms with E-state index in [-0.39, 0.29) is 0 Å². The quantitative estimate of drug-likeness (QED) is 0.116. The molecule has 0 bridgehead atoms. The van der Waals surface area contributed by atoms with Crippen LogP contribution in [0.2, 0.25) is 0 Å². The number of rotatable bonds is 6. The van der Waals surface area contributed by atoms with Crippen LogP contribution < -0.4 is 20.7 Å². The Kier molecular flexibility index (Phi) is 7.91.